The number of anilines is 1. The van der Waals surface area contributed by atoms with Gasteiger partial charge < -0.3 is 4.90 Å². The third-order valence-electron chi connectivity index (χ3n) is 5.17. The first-order valence-electron chi connectivity index (χ1n) is 10.9. The van der Waals surface area contributed by atoms with Gasteiger partial charge in [0.05, 0.1) is 12.0 Å². The highest BCUT2D eigenvalue weighted by molar-refractivity contribution is 7.99. The molecule has 0 aliphatic rings. The molecule has 0 bridgehead atoms. The number of aryl methyl sites for hydroxylation is 1. The Bertz CT molecular complexity index is 1320. The maximum atomic E-state index is 12.4. The lowest BCUT2D eigenvalue weighted by molar-refractivity contribution is -0.118. The van der Waals surface area contributed by atoms with Gasteiger partial charge in [0.15, 0.2) is 11.0 Å². The number of hydrazone groups is 1. The van der Waals surface area contributed by atoms with Crippen molar-refractivity contribution in [1.82, 2.24) is 20.2 Å². The molecule has 0 saturated carbocycles. The normalized spacial score (nSPS) is 11.1. The Labute approximate surface area is 213 Å². The topological polar surface area (TPSA) is 75.4 Å². The fourth-order valence-corrected chi connectivity index (χ4v) is 4.15. The first kappa shape index (κ1) is 24.5. The summed E-state index contributed by atoms with van der Waals surface area (Å²) in [6, 6.07) is 23.4. The lowest BCUT2D eigenvalue weighted by Crippen LogP contribution is -2.20. The van der Waals surface area contributed by atoms with Gasteiger partial charge in [-0.3, -0.25) is 9.36 Å². The molecule has 1 aromatic heterocycles. The maximum absolute atomic E-state index is 12.4. The lowest BCUT2D eigenvalue weighted by Gasteiger charge is -2.11. The summed E-state index contributed by atoms with van der Waals surface area (Å²) in [6.07, 6.45) is 1.62. The maximum Gasteiger partial charge on any atom is 0.250 e. The first-order chi connectivity index (χ1) is 16.9. The second kappa shape index (κ2) is 11.2. The van der Waals surface area contributed by atoms with Gasteiger partial charge >= 0.3 is 0 Å². The number of amides is 1. The number of nitrogens with one attached hydrogen (secondary N) is 1. The summed E-state index contributed by atoms with van der Waals surface area (Å²) >= 11 is 7.38. The van der Waals surface area contributed by atoms with E-state index in [0.717, 1.165) is 28.1 Å². The number of hydrogen-bond acceptors (Lipinski definition) is 6. The fourth-order valence-electron chi connectivity index (χ4n) is 3.28. The monoisotopic (exact) mass is 504 g/mol. The number of hydrogen-bond donors (Lipinski definition) is 1. The largest absolute Gasteiger partial charge is 0.378 e. The molecule has 0 saturated heterocycles. The number of halogens is 1. The average molecular weight is 505 g/mol. The van der Waals surface area contributed by atoms with Crippen LogP contribution in [0.4, 0.5) is 5.69 Å². The van der Waals surface area contributed by atoms with E-state index in [4.69, 9.17) is 11.6 Å². The summed E-state index contributed by atoms with van der Waals surface area (Å²) in [4.78, 5) is 14.5. The third-order valence-corrected chi connectivity index (χ3v) is 6.35. The van der Waals surface area contributed by atoms with E-state index in [2.05, 4.69) is 20.7 Å². The van der Waals surface area contributed by atoms with Crippen LogP contribution in [0.25, 0.3) is 17.1 Å². The quantitative estimate of drug-likeness (QED) is 0.203. The van der Waals surface area contributed by atoms with Gasteiger partial charge in [0, 0.05) is 36.1 Å². The molecule has 1 heterocycles. The molecule has 0 spiro atoms. The van der Waals surface area contributed by atoms with E-state index in [9.17, 15) is 4.79 Å². The summed E-state index contributed by atoms with van der Waals surface area (Å²) in [5.74, 6) is 0.587. The van der Waals surface area contributed by atoms with Crippen LogP contribution in [0.15, 0.2) is 83.1 Å². The second-order valence-corrected chi connectivity index (χ2v) is 9.43. The van der Waals surface area contributed by atoms with E-state index in [1.165, 1.54) is 11.8 Å². The highest BCUT2D eigenvalue weighted by Crippen LogP contribution is 2.28. The van der Waals surface area contributed by atoms with Crippen LogP contribution in [0.3, 0.4) is 0 Å². The molecule has 0 unspecified atom stereocenters. The highest BCUT2D eigenvalue weighted by atomic mass is 35.5. The average Bonchev–Trinajstić information content (AvgIpc) is 3.28. The van der Waals surface area contributed by atoms with E-state index in [0.29, 0.717) is 16.0 Å². The Morgan fingerprint density at radius 3 is 2.37 bits per heavy atom. The Morgan fingerprint density at radius 1 is 1.03 bits per heavy atom. The van der Waals surface area contributed by atoms with E-state index >= 15 is 0 Å². The minimum Gasteiger partial charge on any atom is -0.378 e. The fraction of sp³-hybridized carbons (Fsp3) is 0.154. The van der Waals surface area contributed by atoms with Gasteiger partial charge in [-0.15, -0.1) is 10.2 Å². The van der Waals surface area contributed by atoms with Gasteiger partial charge in [0.25, 0.3) is 5.91 Å². The van der Waals surface area contributed by atoms with Crippen molar-refractivity contribution in [3.8, 4) is 17.1 Å². The van der Waals surface area contributed by atoms with Gasteiger partial charge in [-0.2, -0.15) is 5.10 Å². The molecule has 7 nitrogen and oxygen atoms in total. The molecular formula is C26H25ClN6OS. The molecule has 0 fully saturated rings. The van der Waals surface area contributed by atoms with Gasteiger partial charge in [0.1, 0.15) is 0 Å². The van der Waals surface area contributed by atoms with Crippen LogP contribution in [0.1, 0.15) is 11.1 Å². The van der Waals surface area contributed by atoms with E-state index in [-0.39, 0.29) is 11.7 Å². The number of aromatic nitrogens is 3. The molecule has 1 N–H and O–H groups in total. The van der Waals surface area contributed by atoms with Crippen LogP contribution in [-0.4, -0.2) is 46.7 Å². The van der Waals surface area contributed by atoms with Crippen LogP contribution in [0.5, 0.6) is 0 Å². The number of carbonyl (C=O) groups is 1. The predicted molar refractivity (Wildman–Crippen MR) is 144 cm³/mol. The lowest BCUT2D eigenvalue weighted by atomic mass is 10.1. The van der Waals surface area contributed by atoms with Gasteiger partial charge in [0.2, 0.25) is 0 Å². The van der Waals surface area contributed by atoms with E-state index in [1.807, 2.05) is 103 Å². The first-order valence-corrected chi connectivity index (χ1v) is 12.3. The van der Waals surface area contributed by atoms with Crippen molar-refractivity contribution in [2.45, 2.75) is 12.1 Å². The molecule has 0 atom stereocenters. The summed E-state index contributed by atoms with van der Waals surface area (Å²) in [5.41, 5.74) is 7.51. The third kappa shape index (κ3) is 6.29. The van der Waals surface area contributed by atoms with Crippen molar-refractivity contribution < 1.29 is 4.79 Å². The van der Waals surface area contributed by atoms with E-state index in [1.54, 1.807) is 6.21 Å². The molecule has 35 heavy (non-hydrogen) atoms. The summed E-state index contributed by atoms with van der Waals surface area (Å²) in [6.45, 7) is 2.04. The molecule has 4 aromatic rings. The zero-order valence-corrected chi connectivity index (χ0v) is 21.2. The summed E-state index contributed by atoms with van der Waals surface area (Å²) in [7, 11) is 3.97. The van der Waals surface area contributed by atoms with Crippen molar-refractivity contribution in [2.75, 3.05) is 24.7 Å². The van der Waals surface area contributed by atoms with Gasteiger partial charge in [-0.25, -0.2) is 5.43 Å². The molecule has 1 amide bonds. The Balaban J connectivity index is 1.47. The number of nitrogens with zero attached hydrogens (tertiary/aromatic N) is 5. The van der Waals surface area contributed by atoms with Crippen molar-refractivity contribution in [2.24, 2.45) is 5.10 Å². The molecule has 0 radical (unpaired) electrons. The molecule has 3 aromatic carbocycles. The van der Waals surface area contributed by atoms with Crippen molar-refractivity contribution >= 4 is 41.2 Å². The van der Waals surface area contributed by atoms with Gasteiger partial charge in [-0.05, 0) is 48.9 Å². The molecule has 9 heteroatoms. The Kier molecular flexibility index (Phi) is 7.84. The van der Waals surface area contributed by atoms with Crippen LogP contribution >= 0.6 is 23.4 Å². The number of rotatable bonds is 8. The van der Waals surface area contributed by atoms with Crippen molar-refractivity contribution in [3.05, 3.63) is 88.9 Å². The van der Waals surface area contributed by atoms with Crippen LogP contribution < -0.4 is 10.3 Å². The number of benzene rings is 3. The van der Waals surface area contributed by atoms with Crippen LogP contribution in [-0.2, 0) is 4.79 Å². The second-order valence-electron chi connectivity index (χ2n) is 8.05. The summed E-state index contributed by atoms with van der Waals surface area (Å²) < 4.78 is 1.93. The molecule has 0 aliphatic heterocycles. The minimum atomic E-state index is -0.237. The van der Waals surface area contributed by atoms with Crippen LogP contribution in [0, 0.1) is 6.92 Å². The molecule has 4 rings (SSSR count). The Morgan fingerprint density at radius 2 is 1.71 bits per heavy atom. The van der Waals surface area contributed by atoms with Gasteiger partial charge in [-0.1, -0.05) is 65.3 Å². The zero-order chi connectivity index (χ0) is 24.8. The smallest absolute Gasteiger partial charge is 0.250 e. The van der Waals surface area contributed by atoms with Crippen molar-refractivity contribution in [1.29, 1.82) is 0 Å². The van der Waals surface area contributed by atoms with Crippen molar-refractivity contribution in [3.63, 3.8) is 0 Å². The Hall–Kier alpha value is -3.62. The number of thioether (sulfide) groups is 1. The summed E-state index contributed by atoms with van der Waals surface area (Å²) in [5, 5.41) is 14.1. The number of carbonyl (C=O) groups excluding carboxylic acids is 1. The predicted octanol–water partition coefficient (Wildman–Crippen LogP) is 5.20. The molecule has 0 aliphatic carbocycles. The minimum absolute atomic E-state index is 0.135. The molecule has 178 valence electrons. The van der Waals surface area contributed by atoms with E-state index < -0.39 is 0 Å². The molecular weight excluding hydrogens is 480 g/mol. The zero-order valence-electron chi connectivity index (χ0n) is 19.6. The SMILES string of the molecule is Cc1ccc(-c2nnc(SCC(=O)NN=Cc3ccc(N(C)C)cc3)n2-c2ccc(Cl)cc2)cc1. The van der Waals surface area contributed by atoms with Crippen LogP contribution in [0.2, 0.25) is 5.02 Å². The highest BCUT2D eigenvalue weighted by Gasteiger charge is 2.17. The standard InChI is InChI=1S/C26H25ClN6OS/c1-18-4-8-20(9-5-18)25-30-31-26(33(25)23-14-10-21(27)11-15-23)35-17-24(34)29-28-16-19-6-12-22(13-7-19)32(2)3/h4-16H,17H2,1-3H3,(H,29,34).